The highest BCUT2D eigenvalue weighted by Crippen LogP contribution is 2.59. The number of hydrogen-bond acceptors (Lipinski definition) is 6. The van der Waals surface area contributed by atoms with Gasteiger partial charge >= 0.3 is 11.9 Å². The van der Waals surface area contributed by atoms with Gasteiger partial charge in [0.05, 0.1) is 31.3 Å². The zero-order valence-corrected chi connectivity index (χ0v) is 28.9. The molecule has 6 heteroatoms. The van der Waals surface area contributed by atoms with Crippen LogP contribution in [-0.4, -0.2) is 31.8 Å². The fraction of sp³-hybridized carbons (Fsp3) is 0.659. The number of carbonyl (C=O) groups excluding carboxylic acids is 2. The van der Waals surface area contributed by atoms with Crippen molar-refractivity contribution in [2.75, 3.05) is 19.8 Å². The molecule has 0 radical (unpaired) electrons. The second-order valence-corrected chi connectivity index (χ2v) is 15.0. The molecular formula is C41H56O6. The molecule has 6 nitrogen and oxygen atoms in total. The summed E-state index contributed by atoms with van der Waals surface area (Å²) in [5.74, 6) is 3.07. The minimum absolute atomic E-state index is 0.0119. The Balaban J connectivity index is 0.981. The van der Waals surface area contributed by atoms with Crippen molar-refractivity contribution in [3.63, 3.8) is 0 Å². The highest BCUT2D eigenvalue weighted by Gasteiger charge is 2.42. The van der Waals surface area contributed by atoms with Crippen LogP contribution in [0.5, 0.6) is 17.2 Å². The van der Waals surface area contributed by atoms with Crippen molar-refractivity contribution in [3.05, 3.63) is 53.1 Å². The third-order valence-corrected chi connectivity index (χ3v) is 11.8. The largest absolute Gasteiger partial charge is 0.494 e. The van der Waals surface area contributed by atoms with Crippen molar-refractivity contribution < 1.29 is 28.5 Å². The van der Waals surface area contributed by atoms with Crippen molar-refractivity contribution in [1.29, 1.82) is 0 Å². The molecule has 2 aromatic rings. The Bertz CT molecular complexity index is 1330. The first-order valence-corrected chi connectivity index (χ1v) is 18.9. The molecule has 1 aliphatic heterocycles. The summed E-state index contributed by atoms with van der Waals surface area (Å²) < 4.78 is 23.5. The van der Waals surface area contributed by atoms with E-state index in [1.807, 2.05) is 24.3 Å². The van der Waals surface area contributed by atoms with Gasteiger partial charge in [-0.15, -0.1) is 0 Å². The number of benzene rings is 2. The van der Waals surface area contributed by atoms with E-state index in [9.17, 15) is 9.59 Å². The van der Waals surface area contributed by atoms with Gasteiger partial charge in [-0.25, -0.2) is 4.79 Å². The van der Waals surface area contributed by atoms with E-state index in [4.69, 9.17) is 18.9 Å². The first-order chi connectivity index (χ1) is 23.0. The number of ether oxygens (including phenoxy) is 4. The number of fused-ring (bicyclic) bond motifs is 5. The van der Waals surface area contributed by atoms with Crippen LogP contribution in [0.25, 0.3) is 0 Å². The van der Waals surface area contributed by atoms with Crippen LogP contribution in [0, 0.1) is 17.3 Å². The Hall–Kier alpha value is -2.86. The van der Waals surface area contributed by atoms with Crippen molar-refractivity contribution in [2.45, 2.75) is 135 Å². The normalized spacial score (nSPS) is 24.0. The Labute approximate surface area is 282 Å². The molecule has 1 saturated heterocycles. The highest BCUT2D eigenvalue weighted by atomic mass is 16.5. The Morgan fingerprint density at radius 1 is 0.766 bits per heavy atom. The van der Waals surface area contributed by atoms with Gasteiger partial charge < -0.3 is 18.9 Å². The molecular weight excluding hydrogens is 588 g/mol. The maximum Gasteiger partial charge on any atom is 0.343 e. The van der Waals surface area contributed by atoms with E-state index in [1.165, 1.54) is 51.4 Å². The maximum absolute atomic E-state index is 13.3. The SMILES string of the molecule is CCCCCC1CCC(C(=O)Oc2ccc(OC(=O)c3ccc(OCCCCCCC4(CC)COC4)cc3)c3c2C2CCC3C2)CC1. The number of carbonyl (C=O) groups is 2. The lowest BCUT2D eigenvalue weighted by Gasteiger charge is -2.41. The Kier molecular flexibility index (Phi) is 11.6. The summed E-state index contributed by atoms with van der Waals surface area (Å²) in [6.07, 6.45) is 19.7. The van der Waals surface area contributed by atoms with E-state index >= 15 is 0 Å². The van der Waals surface area contributed by atoms with Gasteiger partial charge in [-0.1, -0.05) is 58.8 Å². The fourth-order valence-electron chi connectivity index (χ4n) is 8.59. The summed E-state index contributed by atoms with van der Waals surface area (Å²) in [6, 6.07) is 11.0. The summed E-state index contributed by atoms with van der Waals surface area (Å²) in [6.45, 7) is 7.07. The second-order valence-electron chi connectivity index (χ2n) is 15.0. The summed E-state index contributed by atoms with van der Waals surface area (Å²) >= 11 is 0. The number of unbranched alkanes of at least 4 members (excludes halogenated alkanes) is 5. The number of rotatable bonds is 17. The van der Waals surface area contributed by atoms with Gasteiger partial charge in [0.2, 0.25) is 0 Å². The lowest BCUT2D eigenvalue weighted by molar-refractivity contribution is -0.140. The third kappa shape index (κ3) is 8.24. The minimum Gasteiger partial charge on any atom is -0.494 e. The van der Waals surface area contributed by atoms with Crippen LogP contribution in [0.4, 0.5) is 0 Å². The minimum atomic E-state index is -0.372. The van der Waals surface area contributed by atoms with Crippen LogP contribution in [0.3, 0.4) is 0 Å². The quantitative estimate of drug-likeness (QED) is 0.0969. The molecule has 2 bridgehead atoms. The molecule has 0 N–H and O–H groups in total. The van der Waals surface area contributed by atoms with Gasteiger partial charge in [-0.05, 0) is 118 Å². The second kappa shape index (κ2) is 16.0. The molecule has 2 aromatic carbocycles. The average Bonchev–Trinajstić information content (AvgIpc) is 3.70. The van der Waals surface area contributed by atoms with E-state index in [0.29, 0.717) is 40.9 Å². The van der Waals surface area contributed by atoms with E-state index < -0.39 is 0 Å². The molecule has 256 valence electrons. The molecule has 2 atom stereocenters. The van der Waals surface area contributed by atoms with Crippen molar-refractivity contribution in [1.82, 2.24) is 0 Å². The third-order valence-electron chi connectivity index (χ3n) is 11.8. The molecule has 2 unspecified atom stereocenters. The summed E-state index contributed by atoms with van der Waals surface area (Å²) in [4.78, 5) is 26.5. The molecule has 2 saturated carbocycles. The van der Waals surface area contributed by atoms with Gasteiger partial charge in [-0.3, -0.25) is 4.79 Å². The summed E-state index contributed by atoms with van der Waals surface area (Å²) in [7, 11) is 0. The van der Waals surface area contributed by atoms with Crippen LogP contribution in [0.2, 0.25) is 0 Å². The molecule has 1 heterocycles. The molecule has 0 spiro atoms. The topological polar surface area (TPSA) is 71.1 Å². The smallest absolute Gasteiger partial charge is 0.343 e. The first kappa shape index (κ1) is 34.0. The van der Waals surface area contributed by atoms with Gasteiger partial charge in [0.15, 0.2) is 0 Å². The van der Waals surface area contributed by atoms with Gasteiger partial charge in [0.25, 0.3) is 0 Å². The van der Waals surface area contributed by atoms with Gasteiger partial charge in [0, 0.05) is 16.5 Å². The predicted molar refractivity (Wildman–Crippen MR) is 185 cm³/mol. The van der Waals surface area contributed by atoms with Gasteiger partial charge in [0.1, 0.15) is 17.2 Å². The molecule has 0 aromatic heterocycles. The average molecular weight is 645 g/mol. The monoisotopic (exact) mass is 644 g/mol. The van der Waals surface area contributed by atoms with Crippen LogP contribution >= 0.6 is 0 Å². The van der Waals surface area contributed by atoms with Gasteiger partial charge in [-0.2, -0.15) is 0 Å². The van der Waals surface area contributed by atoms with Crippen LogP contribution in [0.15, 0.2) is 36.4 Å². The van der Waals surface area contributed by atoms with Crippen molar-refractivity contribution >= 4 is 11.9 Å². The zero-order chi connectivity index (χ0) is 32.6. The van der Waals surface area contributed by atoms with Crippen molar-refractivity contribution in [3.8, 4) is 17.2 Å². The highest BCUT2D eigenvalue weighted by molar-refractivity contribution is 5.91. The lowest BCUT2D eigenvalue weighted by Crippen LogP contribution is -2.41. The zero-order valence-electron chi connectivity index (χ0n) is 28.9. The Morgan fingerprint density at radius 2 is 1.45 bits per heavy atom. The molecule has 0 amide bonds. The van der Waals surface area contributed by atoms with Crippen molar-refractivity contribution in [2.24, 2.45) is 17.3 Å². The molecule has 3 fully saturated rings. The predicted octanol–water partition coefficient (Wildman–Crippen LogP) is 10.3. The van der Waals surface area contributed by atoms with Crippen LogP contribution in [-0.2, 0) is 9.53 Å². The molecule has 3 aliphatic carbocycles. The molecule has 6 rings (SSSR count). The first-order valence-electron chi connectivity index (χ1n) is 18.9. The number of hydrogen-bond donors (Lipinski definition) is 0. The number of esters is 2. The van der Waals surface area contributed by atoms with E-state index in [0.717, 1.165) is 93.8 Å². The van der Waals surface area contributed by atoms with Crippen LogP contribution in [0.1, 0.15) is 156 Å². The summed E-state index contributed by atoms with van der Waals surface area (Å²) in [5.41, 5.74) is 3.12. The van der Waals surface area contributed by atoms with E-state index in [2.05, 4.69) is 13.8 Å². The Morgan fingerprint density at radius 3 is 2.09 bits per heavy atom. The van der Waals surface area contributed by atoms with E-state index in [1.54, 1.807) is 12.1 Å². The van der Waals surface area contributed by atoms with E-state index in [-0.39, 0.29) is 17.9 Å². The standard InChI is InChI=1S/C41H56O6/c1-3-5-8-11-29-12-14-30(15-13-29)39(42)46-35-22-23-36(38-33-17-16-32(26-33)37(35)38)47-40(43)31-18-20-34(21-19-31)45-25-10-7-6-9-24-41(4-2)27-44-28-41/h18-23,29-30,32-33H,3-17,24-28H2,1-2H3. The van der Waals surface area contributed by atoms with Crippen LogP contribution < -0.4 is 14.2 Å². The fourth-order valence-corrected chi connectivity index (χ4v) is 8.59. The lowest BCUT2D eigenvalue weighted by atomic mass is 9.78. The molecule has 4 aliphatic rings. The maximum atomic E-state index is 13.3. The molecule has 47 heavy (non-hydrogen) atoms. The summed E-state index contributed by atoms with van der Waals surface area (Å²) in [5, 5.41) is 0.